The summed E-state index contributed by atoms with van der Waals surface area (Å²) in [4.78, 5) is 7.17. The largest absolute Gasteiger partial charge is 0.356 e. The number of anilines is 1. The van der Waals surface area contributed by atoms with Crippen LogP contribution < -0.4 is 10.2 Å². The molecule has 0 bridgehead atoms. The number of aryl methyl sites for hydroxylation is 1. The minimum atomic E-state index is 0.693. The highest BCUT2D eigenvalue weighted by molar-refractivity contribution is 5.48. The van der Waals surface area contributed by atoms with Gasteiger partial charge in [-0.1, -0.05) is 27.2 Å². The van der Waals surface area contributed by atoms with Gasteiger partial charge in [0.25, 0.3) is 0 Å². The second-order valence-electron chi connectivity index (χ2n) is 6.52. The first-order valence-corrected chi connectivity index (χ1v) is 8.01. The third-order valence-corrected chi connectivity index (χ3v) is 4.15. The van der Waals surface area contributed by atoms with Crippen LogP contribution in [0.2, 0.25) is 0 Å². The maximum absolute atomic E-state index is 4.71. The van der Waals surface area contributed by atoms with E-state index in [9.17, 15) is 0 Å². The SMILES string of the molecule is CCC1CCN(c2ncc(CNCC(C)C)cc2C)C1. The molecule has 1 aromatic heterocycles. The van der Waals surface area contributed by atoms with Crippen LogP contribution in [0.3, 0.4) is 0 Å². The first kappa shape index (κ1) is 15.3. The monoisotopic (exact) mass is 275 g/mol. The lowest BCUT2D eigenvalue weighted by atomic mass is 10.1. The van der Waals surface area contributed by atoms with E-state index < -0.39 is 0 Å². The summed E-state index contributed by atoms with van der Waals surface area (Å²) in [5.74, 6) is 2.73. The summed E-state index contributed by atoms with van der Waals surface area (Å²) in [5, 5.41) is 3.48. The Bertz CT molecular complexity index is 428. The molecule has 3 nitrogen and oxygen atoms in total. The number of aromatic nitrogens is 1. The van der Waals surface area contributed by atoms with E-state index in [1.807, 2.05) is 6.20 Å². The Morgan fingerprint density at radius 3 is 2.85 bits per heavy atom. The predicted molar refractivity (Wildman–Crippen MR) is 86.1 cm³/mol. The van der Waals surface area contributed by atoms with Gasteiger partial charge in [0.15, 0.2) is 0 Å². The molecule has 0 saturated carbocycles. The number of nitrogens with zero attached hydrogens (tertiary/aromatic N) is 2. The van der Waals surface area contributed by atoms with E-state index in [2.05, 4.69) is 44.0 Å². The van der Waals surface area contributed by atoms with E-state index in [4.69, 9.17) is 4.98 Å². The van der Waals surface area contributed by atoms with Gasteiger partial charge >= 0.3 is 0 Å². The Morgan fingerprint density at radius 2 is 2.25 bits per heavy atom. The van der Waals surface area contributed by atoms with Gasteiger partial charge in [-0.3, -0.25) is 0 Å². The molecule has 1 aliphatic heterocycles. The van der Waals surface area contributed by atoms with Crippen LogP contribution in [0.25, 0.3) is 0 Å². The zero-order chi connectivity index (χ0) is 14.5. The average molecular weight is 275 g/mol. The molecule has 2 heterocycles. The molecule has 1 atom stereocenters. The molecule has 0 radical (unpaired) electrons. The molecular weight excluding hydrogens is 246 g/mol. The summed E-state index contributed by atoms with van der Waals surface area (Å²) in [6.45, 7) is 13.3. The van der Waals surface area contributed by atoms with Crippen molar-refractivity contribution in [3.8, 4) is 0 Å². The van der Waals surface area contributed by atoms with Crippen LogP contribution in [0.1, 0.15) is 44.7 Å². The molecule has 1 saturated heterocycles. The second kappa shape index (κ2) is 7.07. The van der Waals surface area contributed by atoms with E-state index in [-0.39, 0.29) is 0 Å². The molecule has 1 aliphatic rings. The maximum Gasteiger partial charge on any atom is 0.131 e. The standard InChI is InChI=1S/C17H29N3/c1-5-15-6-7-20(12-15)17-14(4)8-16(11-19-17)10-18-9-13(2)3/h8,11,13,15,18H,5-7,9-10,12H2,1-4H3. The van der Waals surface area contributed by atoms with Gasteiger partial charge in [0.05, 0.1) is 0 Å². The Labute approximate surface area is 123 Å². The average Bonchev–Trinajstić information content (AvgIpc) is 2.87. The van der Waals surface area contributed by atoms with Gasteiger partial charge in [0, 0.05) is 25.8 Å². The molecule has 0 spiro atoms. The molecule has 112 valence electrons. The Kier molecular flexibility index (Phi) is 5.41. The van der Waals surface area contributed by atoms with E-state index in [1.165, 1.54) is 36.3 Å². The summed E-state index contributed by atoms with van der Waals surface area (Å²) in [6, 6.07) is 2.29. The molecule has 20 heavy (non-hydrogen) atoms. The van der Waals surface area contributed by atoms with Gasteiger partial charge in [0.2, 0.25) is 0 Å². The minimum absolute atomic E-state index is 0.693. The van der Waals surface area contributed by atoms with E-state index in [0.29, 0.717) is 5.92 Å². The predicted octanol–water partition coefficient (Wildman–Crippen LogP) is 3.37. The minimum Gasteiger partial charge on any atom is -0.356 e. The summed E-state index contributed by atoms with van der Waals surface area (Å²) < 4.78 is 0. The van der Waals surface area contributed by atoms with Crippen molar-refractivity contribution in [2.45, 2.75) is 47.1 Å². The topological polar surface area (TPSA) is 28.2 Å². The normalized spacial score (nSPS) is 19.1. The fraction of sp³-hybridized carbons (Fsp3) is 0.706. The number of hydrogen-bond acceptors (Lipinski definition) is 3. The Hall–Kier alpha value is -1.09. The summed E-state index contributed by atoms with van der Waals surface area (Å²) in [5.41, 5.74) is 2.60. The zero-order valence-electron chi connectivity index (χ0n) is 13.4. The fourth-order valence-electron chi connectivity index (χ4n) is 2.92. The lowest BCUT2D eigenvalue weighted by molar-refractivity contribution is 0.551. The van der Waals surface area contributed by atoms with Crippen molar-refractivity contribution in [2.75, 3.05) is 24.5 Å². The fourth-order valence-corrected chi connectivity index (χ4v) is 2.92. The van der Waals surface area contributed by atoms with Crippen molar-refractivity contribution in [3.63, 3.8) is 0 Å². The van der Waals surface area contributed by atoms with Crippen LogP contribution in [0.5, 0.6) is 0 Å². The smallest absolute Gasteiger partial charge is 0.131 e. The van der Waals surface area contributed by atoms with Crippen LogP contribution >= 0.6 is 0 Å². The Balaban J connectivity index is 1.96. The number of hydrogen-bond donors (Lipinski definition) is 1. The third-order valence-electron chi connectivity index (χ3n) is 4.15. The molecule has 1 aromatic rings. The summed E-state index contributed by atoms with van der Waals surface area (Å²) >= 11 is 0. The van der Waals surface area contributed by atoms with Crippen LogP contribution in [0.15, 0.2) is 12.3 Å². The van der Waals surface area contributed by atoms with Gasteiger partial charge in [-0.15, -0.1) is 0 Å². The second-order valence-corrected chi connectivity index (χ2v) is 6.52. The molecule has 0 aliphatic carbocycles. The quantitative estimate of drug-likeness (QED) is 0.862. The summed E-state index contributed by atoms with van der Waals surface area (Å²) in [6.07, 6.45) is 4.64. The van der Waals surface area contributed by atoms with E-state index in [0.717, 1.165) is 25.6 Å². The molecule has 3 heteroatoms. The zero-order valence-corrected chi connectivity index (χ0v) is 13.4. The van der Waals surface area contributed by atoms with Gasteiger partial charge in [-0.2, -0.15) is 0 Å². The van der Waals surface area contributed by atoms with Crippen molar-refractivity contribution in [3.05, 3.63) is 23.4 Å². The summed E-state index contributed by atoms with van der Waals surface area (Å²) in [7, 11) is 0. The molecular formula is C17H29N3. The van der Waals surface area contributed by atoms with Crippen molar-refractivity contribution >= 4 is 5.82 Å². The van der Waals surface area contributed by atoms with Crippen molar-refractivity contribution in [2.24, 2.45) is 11.8 Å². The molecule has 1 N–H and O–H groups in total. The Morgan fingerprint density at radius 1 is 1.45 bits per heavy atom. The van der Waals surface area contributed by atoms with Gasteiger partial charge in [0.1, 0.15) is 5.82 Å². The first-order chi connectivity index (χ1) is 9.60. The van der Waals surface area contributed by atoms with Crippen LogP contribution in [0, 0.1) is 18.8 Å². The van der Waals surface area contributed by atoms with Crippen molar-refractivity contribution in [1.82, 2.24) is 10.3 Å². The highest BCUT2D eigenvalue weighted by atomic mass is 15.2. The van der Waals surface area contributed by atoms with E-state index in [1.54, 1.807) is 0 Å². The number of nitrogens with one attached hydrogen (secondary N) is 1. The molecule has 1 fully saturated rings. The van der Waals surface area contributed by atoms with Gasteiger partial charge < -0.3 is 10.2 Å². The molecule has 1 unspecified atom stereocenters. The van der Waals surface area contributed by atoms with Crippen molar-refractivity contribution < 1.29 is 0 Å². The molecule has 2 rings (SSSR count). The van der Waals surface area contributed by atoms with E-state index >= 15 is 0 Å². The van der Waals surface area contributed by atoms with Gasteiger partial charge in [-0.05, 0) is 48.9 Å². The first-order valence-electron chi connectivity index (χ1n) is 8.01. The maximum atomic E-state index is 4.71. The molecule has 0 amide bonds. The lowest BCUT2D eigenvalue weighted by Gasteiger charge is -2.20. The number of rotatable bonds is 6. The lowest BCUT2D eigenvalue weighted by Crippen LogP contribution is -2.22. The van der Waals surface area contributed by atoms with Crippen molar-refractivity contribution in [1.29, 1.82) is 0 Å². The van der Waals surface area contributed by atoms with Crippen LogP contribution in [-0.2, 0) is 6.54 Å². The highest BCUT2D eigenvalue weighted by Gasteiger charge is 2.23. The number of pyridine rings is 1. The van der Waals surface area contributed by atoms with Crippen LogP contribution in [0.4, 0.5) is 5.82 Å². The highest BCUT2D eigenvalue weighted by Crippen LogP contribution is 2.26. The van der Waals surface area contributed by atoms with Crippen LogP contribution in [-0.4, -0.2) is 24.6 Å². The van der Waals surface area contributed by atoms with Gasteiger partial charge in [-0.25, -0.2) is 4.98 Å². The molecule has 0 aromatic carbocycles. The third kappa shape index (κ3) is 3.95.